The summed E-state index contributed by atoms with van der Waals surface area (Å²) >= 11 is 12.1. The maximum absolute atomic E-state index is 6.14. The van der Waals surface area contributed by atoms with Gasteiger partial charge < -0.3 is 4.90 Å². The fourth-order valence-electron chi connectivity index (χ4n) is 3.65. The van der Waals surface area contributed by atoms with E-state index in [2.05, 4.69) is 24.8 Å². The lowest BCUT2D eigenvalue weighted by atomic mass is 9.84. The van der Waals surface area contributed by atoms with Crippen LogP contribution < -0.4 is 0 Å². The summed E-state index contributed by atoms with van der Waals surface area (Å²) < 4.78 is 0. The van der Waals surface area contributed by atoms with Gasteiger partial charge in [-0.3, -0.25) is 0 Å². The maximum Gasteiger partial charge on any atom is 0.0595 e. The molecule has 1 aromatic carbocycles. The zero-order valence-electron chi connectivity index (χ0n) is 10.9. The molecule has 3 rings (SSSR count). The highest BCUT2D eigenvalue weighted by Gasteiger charge is 2.62. The molecule has 0 bridgehead atoms. The summed E-state index contributed by atoms with van der Waals surface area (Å²) in [6.07, 6.45) is 1.38. The van der Waals surface area contributed by atoms with Crippen molar-refractivity contribution in [2.75, 3.05) is 19.6 Å². The Morgan fingerprint density at radius 2 is 2.17 bits per heavy atom. The topological polar surface area (TPSA) is 3.24 Å². The molecule has 1 saturated carbocycles. The van der Waals surface area contributed by atoms with Gasteiger partial charge in [0.1, 0.15) is 0 Å². The quantitative estimate of drug-likeness (QED) is 0.793. The van der Waals surface area contributed by atoms with E-state index in [0.717, 1.165) is 5.92 Å². The van der Waals surface area contributed by atoms with E-state index in [1.54, 1.807) is 0 Å². The van der Waals surface area contributed by atoms with Crippen LogP contribution in [-0.4, -0.2) is 24.5 Å². The van der Waals surface area contributed by atoms with Crippen LogP contribution in [0.5, 0.6) is 0 Å². The van der Waals surface area contributed by atoms with E-state index in [4.69, 9.17) is 23.2 Å². The first-order valence-electron chi connectivity index (χ1n) is 6.74. The van der Waals surface area contributed by atoms with Gasteiger partial charge in [0.2, 0.25) is 0 Å². The van der Waals surface area contributed by atoms with Crippen molar-refractivity contribution in [1.82, 2.24) is 4.90 Å². The van der Waals surface area contributed by atoms with Crippen molar-refractivity contribution in [2.45, 2.75) is 26.2 Å². The van der Waals surface area contributed by atoms with Crippen molar-refractivity contribution in [1.29, 1.82) is 0 Å². The van der Waals surface area contributed by atoms with Gasteiger partial charge in [-0.25, -0.2) is 0 Å². The zero-order valence-corrected chi connectivity index (χ0v) is 12.4. The highest BCUT2D eigenvalue weighted by Crippen LogP contribution is 2.65. The standard InChI is InChI=1S/C15H19Cl2N/c1-3-18-8-12-7-15(12,9-18)10(2)11-4-5-13(16)14(17)6-11/h4-6,10,12H,3,7-9H2,1-2H3/t10?,12?,15-/m0/s1. The Hall–Kier alpha value is -0.240. The normalized spacial score (nSPS) is 32.3. The first-order chi connectivity index (χ1) is 8.56. The molecular weight excluding hydrogens is 265 g/mol. The van der Waals surface area contributed by atoms with E-state index in [1.165, 1.54) is 31.6 Å². The molecular formula is C15H19Cl2N. The fraction of sp³-hybridized carbons (Fsp3) is 0.600. The third-order valence-electron chi connectivity index (χ3n) is 5.03. The SMILES string of the molecule is CCN1CC2C[C@@]2(C(C)c2ccc(Cl)c(Cl)c2)C1. The number of halogens is 2. The summed E-state index contributed by atoms with van der Waals surface area (Å²) in [6.45, 7) is 8.30. The fourth-order valence-corrected chi connectivity index (χ4v) is 3.96. The molecule has 1 nitrogen and oxygen atoms in total. The van der Waals surface area contributed by atoms with Crippen LogP contribution in [0.15, 0.2) is 18.2 Å². The minimum atomic E-state index is 0.507. The average molecular weight is 284 g/mol. The van der Waals surface area contributed by atoms with Crippen LogP contribution in [0.1, 0.15) is 31.7 Å². The number of likely N-dealkylation sites (tertiary alicyclic amines) is 1. The van der Waals surface area contributed by atoms with Crippen LogP contribution in [0.4, 0.5) is 0 Å². The number of nitrogens with zero attached hydrogens (tertiary/aromatic N) is 1. The van der Waals surface area contributed by atoms with Crippen molar-refractivity contribution < 1.29 is 0 Å². The minimum absolute atomic E-state index is 0.507. The van der Waals surface area contributed by atoms with Gasteiger partial charge >= 0.3 is 0 Å². The second-order valence-electron chi connectivity index (χ2n) is 5.86. The maximum atomic E-state index is 6.14. The number of benzene rings is 1. The Bertz CT molecular complexity index is 474. The Labute approximate surface area is 119 Å². The summed E-state index contributed by atoms with van der Waals surface area (Å²) in [5.41, 5.74) is 1.84. The third kappa shape index (κ3) is 1.88. The van der Waals surface area contributed by atoms with E-state index in [0.29, 0.717) is 21.4 Å². The molecule has 2 unspecified atom stereocenters. The number of piperidine rings is 1. The monoisotopic (exact) mass is 283 g/mol. The van der Waals surface area contributed by atoms with E-state index in [1.807, 2.05) is 12.1 Å². The molecule has 1 aliphatic carbocycles. The third-order valence-corrected chi connectivity index (χ3v) is 5.77. The minimum Gasteiger partial charge on any atom is -0.303 e. The zero-order chi connectivity index (χ0) is 12.9. The van der Waals surface area contributed by atoms with Crippen LogP contribution in [0.2, 0.25) is 10.0 Å². The largest absolute Gasteiger partial charge is 0.303 e. The highest BCUT2D eigenvalue weighted by molar-refractivity contribution is 6.42. The molecule has 0 aromatic heterocycles. The number of hydrogen-bond acceptors (Lipinski definition) is 1. The molecule has 1 heterocycles. The Balaban J connectivity index is 1.83. The molecule has 1 saturated heterocycles. The molecule has 3 heteroatoms. The summed E-state index contributed by atoms with van der Waals surface area (Å²) in [6, 6.07) is 6.11. The molecule has 2 fully saturated rings. The van der Waals surface area contributed by atoms with Gasteiger partial charge in [-0.15, -0.1) is 0 Å². The van der Waals surface area contributed by atoms with E-state index < -0.39 is 0 Å². The van der Waals surface area contributed by atoms with Crippen molar-refractivity contribution >= 4 is 23.2 Å². The molecule has 0 N–H and O–H groups in total. The number of hydrogen-bond donors (Lipinski definition) is 0. The van der Waals surface area contributed by atoms with Gasteiger partial charge in [0.25, 0.3) is 0 Å². The summed E-state index contributed by atoms with van der Waals surface area (Å²) in [5.74, 6) is 1.47. The van der Waals surface area contributed by atoms with Crippen LogP contribution >= 0.6 is 23.2 Å². The van der Waals surface area contributed by atoms with Gasteiger partial charge in [-0.1, -0.05) is 43.1 Å². The van der Waals surface area contributed by atoms with Crippen molar-refractivity contribution in [2.24, 2.45) is 11.3 Å². The van der Waals surface area contributed by atoms with Crippen molar-refractivity contribution in [3.63, 3.8) is 0 Å². The van der Waals surface area contributed by atoms with Gasteiger partial charge in [0, 0.05) is 13.1 Å². The summed E-state index contributed by atoms with van der Waals surface area (Å²) in [7, 11) is 0. The van der Waals surface area contributed by atoms with Crippen molar-refractivity contribution in [3.8, 4) is 0 Å². The lowest BCUT2D eigenvalue weighted by Crippen LogP contribution is -2.26. The predicted molar refractivity (Wildman–Crippen MR) is 77.5 cm³/mol. The van der Waals surface area contributed by atoms with Crippen molar-refractivity contribution in [3.05, 3.63) is 33.8 Å². The lowest BCUT2D eigenvalue weighted by molar-refractivity contribution is 0.278. The van der Waals surface area contributed by atoms with Gasteiger partial charge in [-0.2, -0.15) is 0 Å². The van der Waals surface area contributed by atoms with Gasteiger partial charge in [-0.05, 0) is 47.9 Å². The lowest BCUT2D eigenvalue weighted by Gasteiger charge is -2.25. The first kappa shape index (κ1) is 12.8. The number of rotatable bonds is 3. The average Bonchev–Trinajstić information content (AvgIpc) is 2.95. The molecule has 98 valence electrons. The second kappa shape index (κ2) is 4.40. The molecule has 3 atom stereocenters. The van der Waals surface area contributed by atoms with E-state index in [-0.39, 0.29) is 0 Å². The molecule has 18 heavy (non-hydrogen) atoms. The highest BCUT2D eigenvalue weighted by atomic mass is 35.5. The van der Waals surface area contributed by atoms with Crippen LogP contribution in [0.25, 0.3) is 0 Å². The molecule has 0 spiro atoms. The second-order valence-corrected chi connectivity index (χ2v) is 6.67. The van der Waals surface area contributed by atoms with E-state index >= 15 is 0 Å². The summed E-state index contributed by atoms with van der Waals surface area (Å²) in [5, 5.41) is 1.33. The predicted octanol–water partition coefficient (Wildman–Crippen LogP) is 4.44. The Kier molecular flexibility index (Phi) is 3.12. The molecule has 0 amide bonds. The number of fused-ring (bicyclic) bond motifs is 1. The molecule has 0 radical (unpaired) electrons. The summed E-state index contributed by atoms with van der Waals surface area (Å²) in [4.78, 5) is 2.57. The van der Waals surface area contributed by atoms with E-state index in [9.17, 15) is 0 Å². The van der Waals surface area contributed by atoms with Gasteiger partial charge in [0.15, 0.2) is 0 Å². The smallest absolute Gasteiger partial charge is 0.0595 e. The first-order valence-corrected chi connectivity index (χ1v) is 7.49. The van der Waals surface area contributed by atoms with Crippen LogP contribution in [-0.2, 0) is 0 Å². The molecule has 1 aromatic rings. The van der Waals surface area contributed by atoms with Crippen LogP contribution in [0, 0.1) is 11.3 Å². The van der Waals surface area contributed by atoms with Gasteiger partial charge in [0.05, 0.1) is 10.0 Å². The van der Waals surface area contributed by atoms with Crippen LogP contribution in [0.3, 0.4) is 0 Å². The molecule has 2 aliphatic rings. The molecule has 1 aliphatic heterocycles. The Morgan fingerprint density at radius 1 is 1.39 bits per heavy atom. The Morgan fingerprint density at radius 3 is 2.78 bits per heavy atom.